The Hall–Kier alpha value is -1.92. The van der Waals surface area contributed by atoms with Crippen LogP contribution in [-0.2, 0) is 6.54 Å². The van der Waals surface area contributed by atoms with E-state index < -0.39 is 0 Å². The number of likely N-dealkylation sites (N-methyl/N-ethyl adjacent to an activating group) is 1. The summed E-state index contributed by atoms with van der Waals surface area (Å²) in [4.78, 5) is 32.4. The van der Waals surface area contributed by atoms with Gasteiger partial charge in [-0.25, -0.2) is 4.79 Å². The standard InChI is InChI=1S/C17H24N4O2/c1-3-19-8-10-20(11-9-19)13(2)12-21-16(22)14-6-4-5-7-15(14)18-17(21)23/h4-7,13H,3,8-12H2,1-2H3,(H,18,23). The highest BCUT2D eigenvalue weighted by Crippen LogP contribution is 2.08. The number of hydrogen-bond donors (Lipinski definition) is 1. The highest BCUT2D eigenvalue weighted by atomic mass is 16.2. The molecule has 23 heavy (non-hydrogen) atoms. The van der Waals surface area contributed by atoms with Crippen LogP contribution in [0, 0.1) is 0 Å². The first-order valence-corrected chi connectivity index (χ1v) is 8.28. The number of piperazine rings is 1. The number of aromatic nitrogens is 2. The second-order valence-electron chi connectivity index (χ2n) is 6.21. The number of hydrogen-bond acceptors (Lipinski definition) is 4. The van der Waals surface area contributed by atoms with Gasteiger partial charge in [0.05, 0.1) is 10.9 Å². The van der Waals surface area contributed by atoms with Crippen LogP contribution in [0.3, 0.4) is 0 Å². The van der Waals surface area contributed by atoms with Gasteiger partial charge in [0.15, 0.2) is 0 Å². The van der Waals surface area contributed by atoms with Crippen molar-refractivity contribution in [3.63, 3.8) is 0 Å². The minimum Gasteiger partial charge on any atom is -0.307 e. The number of nitrogens with zero attached hydrogens (tertiary/aromatic N) is 3. The molecule has 3 rings (SSSR count). The molecule has 1 aromatic heterocycles. The number of aromatic amines is 1. The second-order valence-corrected chi connectivity index (χ2v) is 6.21. The molecule has 1 aliphatic rings. The van der Waals surface area contributed by atoms with Crippen molar-refractivity contribution in [1.82, 2.24) is 19.4 Å². The van der Waals surface area contributed by atoms with Crippen LogP contribution in [0.1, 0.15) is 13.8 Å². The Kier molecular flexibility index (Phi) is 4.63. The van der Waals surface area contributed by atoms with Crippen LogP contribution in [-0.4, -0.2) is 58.1 Å². The lowest BCUT2D eigenvalue weighted by molar-refractivity contribution is 0.0977. The Labute approximate surface area is 135 Å². The van der Waals surface area contributed by atoms with Crippen LogP contribution in [0.4, 0.5) is 0 Å². The highest BCUT2D eigenvalue weighted by Gasteiger charge is 2.21. The van der Waals surface area contributed by atoms with E-state index in [1.165, 1.54) is 4.57 Å². The van der Waals surface area contributed by atoms with Crippen LogP contribution in [0.15, 0.2) is 33.9 Å². The molecule has 0 aliphatic carbocycles. The molecule has 0 amide bonds. The Morgan fingerprint density at radius 2 is 1.83 bits per heavy atom. The van der Waals surface area contributed by atoms with Crippen molar-refractivity contribution in [2.24, 2.45) is 0 Å². The van der Waals surface area contributed by atoms with Gasteiger partial charge in [0, 0.05) is 38.8 Å². The Morgan fingerprint density at radius 1 is 1.13 bits per heavy atom. The molecule has 2 aromatic rings. The smallest absolute Gasteiger partial charge is 0.307 e. The minimum absolute atomic E-state index is 0.161. The first-order chi connectivity index (χ1) is 11.1. The van der Waals surface area contributed by atoms with Crippen molar-refractivity contribution in [2.75, 3.05) is 32.7 Å². The summed E-state index contributed by atoms with van der Waals surface area (Å²) in [5.74, 6) is 0. The van der Waals surface area contributed by atoms with Gasteiger partial charge in [-0.3, -0.25) is 14.3 Å². The van der Waals surface area contributed by atoms with Gasteiger partial charge in [-0.2, -0.15) is 0 Å². The molecule has 1 N–H and O–H groups in total. The summed E-state index contributed by atoms with van der Waals surface area (Å²) in [7, 11) is 0. The molecule has 6 heteroatoms. The van der Waals surface area contributed by atoms with Crippen molar-refractivity contribution < 1.29 is 0 Å². The zero-order chi connectivity index (χ0) is 16.4. The molecule has 0 spiro atoms. The molecule has 1 fully saturated rings. The molecule has 6 nitrogen and oxygen atoms in total. The normalized spacial score (nSPS) is 18.3. The maximum absolute atomic E-state index is 12.6. The van der Waals surface area contributed by atoms with Crippen molar-refractivity contribution in [1.29, 1.82) is 0 Å². The maximum atomic E-state index is 12.6. The summed E-state index contributed by atoms with van der Waals surface area (Å²) in [5.41, 5.74) is 0.0686. The molecule has 0 radical (unpaired) electrons. The minimum atomic E-state index is -0.326. The van der Waals surface area contributed by atoms with Crippen LogP contribution in [0.5, 0.6) is 0 Å². The number of H-pyrrole nitrogens is 1. The summed E-state index contributed by atoms with van der Waals surface area (Å²) in [6, 6.07) is 7.32. The van der Waals surface area contributed by atoms with Crippen LogP contribution >= 0.6 is 0 Å². The summed E-state index contributed by atoms with van der Waals surface area (Å²) in [6.07, 6.45) is 0. The van der Waals surface area contributed by atoms with E-state index >= 15 is 0 Å². The first-order valence-electron chi connectivity index (χ1n) is 8.28. The van der Waals surface area contributed by atoms with E-state index in [-0.39, 0.29) is 17.3 Å². The second kappa shape index (κ2) is 6.68. The number of nitrogens with one attached hydrogen (secondary N) is 1. The molecule has 1 aromatic carbocycles. The molecule has 1 saturated heterocycles. The largest absolute Gasteiger partial charge is 0.328 e. The molecule has 124 valence electrons. The first kappa shape index (κ1) is 16.0. The average molecular weight is 316 g/mol. The molecule has 2 heterocycles. The molecule has 1 atom stereocenters. The van der Waals surface area contributed by atoms with Gasteiger partial charge in [-0.1, -0.05) is 19.1 Å². The van der Waals surface area contributed by atoms with E-state index in [1.807, 2.05) is 12.1 Å². The third kappa shape index (κ3) is 3.23. The third-order valence-corrected chi connectivity index (χ3v) is 4.81. The Bertz CT molecular complexity index is 787. The lowest BCUT2D eigenvalue weighted by Crippen LogP contribution is -2.51. The monoisotopic (exact) mass is 316 g/mol. The van der Waals surface area contributed by atoms with Crippen molar-refractivity contribution >= 4 is 10.9 Å². The van der Waals surface area contributed by atoms with E-state index in [1.54, 1.807) is 12.1 Å². The lowest BCUT2D eigenvalue weighted by atomic mass is 10.2. The molecule has 1 unspecified atom stereocenters. The van der Waals surface area contributed by atoms with Gasteiger partial charge < -0.3 is 9.88 Å². The number of benzene rings is 1. The Morgan fingerprint density at radius 3 is 2.52 bits per heavy atom. The average Bonchev–Trinajstić information content (AvgIpc) is 2.58. The summed E-state index contributed by atoms with van der Waals surface area (Å²) < 4.78 is 1.33. The van der Waals surface area contributed by atoms with Crippen molar-refractivity contribution in [3.05, 3.63) is 45.1 Å². The van der Waals surface area contributed by atoms with Gasteiger partial charge in [0.2, 0.25) is 0 Å². The highest BCUT2D eigenvalue weighted by molar-refractivity contribution is 5.76. The fourth-order valence-corrected chi connectivity index (χ4v) is 3.26. The van der Waals surface area contributed by atoms with Gasteiger partial charge in [-0.05, 0) is 25.6 Å². The van der Waals surface area contributed by atoms with Crippen molar-refractivity contribution in [2.45, 2.75) is 26.4 Å². The quantitative estimate of drug-likeness (QED) is 0.903. The van der Waals surface area contributed by atoms with E-state index in [0.717, 1.165) is 32.7 Å². The molecular formula is C17H24N4O2. The van der Waals surface area contributed by atoms with Gasteiger partial charge >= 0.3 is 5.69 Å². The molecular weight excluding hydrogens is 292 g/mol. The zero-order valence-electron chi connectivity index (χ0n) is 13.8. The zero-order valence-corrected chi connectivity index (χ0v) is 13.8. The SMILES string of the molecule is CCN1CCN(C(C)Cn2c(=O)[nH]c3ccccc3c2=O)CC1. The predicted octanol–water partition coefficient (Wildman–Crippen LogP) is 0.716. The fourth-order valence-electron chi connectivity index (χ4n) is 3.26. The summed E-state index contributed by atoms with van der Waals surface area (Å²) in [6.45, 7) is 9.81. The van der Waals surface area contributed by atoms with E-state index in [9.17, 15) is 9.59 Å². The molecule has 1 aliphatic heterocycles. The number of para-hydroxylation sites is 1. The van der Waals surface area contributed by atoms with Gasteiger partial charge in [0.1, 0.15) is 0 Å². The Balaban J connectivity index is 1.81. The van der Waals surface area contributed by atoms with Gasteiger partial charge in [0.25, 0.3) is 5.56 Å². The van der Waals surface area contributed by atoms with E-state index in [2.05, 4.69) is 28.6 Å². The third-order valence-electron chi connectivity index (χ3n) is 4.81. The number of fused-ring (bicyclic) bond motifs is 1. The fraction of sp³-hybridized carbons (Fsp3) is 0.529. The topological polar surface area (TPSA) is 61.3 Å². The van der Waals surface area contributed by atoms with E-state index in [4.69, 9.17) is 0 Å². The van der Waals surface area contributed by atoms with Crippen LogP contribution in [0.2, 0.25) is 0 Å². The van der Waals surface area contributed by atoms with Crippen LogP contribution in [0.25, 0.3) is 10.9 Å². The number of rotatable bonds is 4. The maximum Gasteiger partial charge on any atom is 0.328 e. The van der Waals surface area contributed by atoms with Crippen molar-refractivity contribution in [3.8, 4) is 0 Å². The summed E-state index contributed by atoms with van der Waals surface area (Å²) >= 11 is 0. The van der Waals surface area contributed by atoms with E-state index in [0.29, 0.717) is 17.4 Å². The van der Waals surface area contributed by atoms with Gasteiger partial charge in [-0.15, -0.1) is 0 Å². The lowest BCUT2D eigenvalue weighted by Gasteiger charge is -2.37. The summed E-state index contributed by atoms with van der Waals surface area (Å²) in [5, 5.41) is 0.565. The molecule has 0 saturated carbocycles. The van der Waals surface area contributed by atoms with Crippen LogP contribution < -0.4 is 11.2 Å². The predicted molar refractivity (Wildman–Crippen MR) is 92.0 cm³/mol. The molecule has 0 bridgehead atoms.